The molecular weight excluding hydrogens is 294 g/mol. The molecule has 0 fully saturated rings. The van der Waals surface area contributed by atoms with Crippen LogP contribution in [0.3, 0.4) is 0 Å². The van der Waals surface area contributed by atoms with Crippen molar-refractivity contribution in [2.24, 2.45) is 0 Å². The lowest BCUT2D eigenvalue weighted by Gasteiger charge is -2.42. The molecule has 0 saturated heterocycles. The van der Waals surface area contributed by atoms with Crippen LogP contribution in [-0.4, -0.2) is 63.9 Å². The van der Waals surface area contributed by atoms with E-state index in [1.54, 1.807) is 0 Å². The van der Waals surface area contributed by atoms with Gasteiger partial charge in [-0.05, 0) is 19.3 Å². The zero-order chi connectivity index (χ0) is 17.2. The van der Waals surface area contributed by atoms with Crippen LogP contribution in [0.5, 0.6) is 0 Å². The van der Waals surface area contributed by atoms with E-state index in [1.165, 1.54) is 0 Å². The summed E-state index contributed by atoms with van der Waals surface area (Å²) in [6.45, 7) is 11.7. The molecule has 23 heavy (non-hydrogen) atoms. The molecule has 0 spiro atoms. The zero-order valence-electron chi connectivity index (χ0n) is 15.7. The van der Waals surface area contributed by atoms with Crippen LogP contribution in [0.15, 0.2) is 0 Å². The first-order valence-electron chi connectivity index (χ1n) is 9.48. The Morgan fingerprint density at radius 3 is 1.13 bits per heavy atom. The molecule has 140 valence electrons. The maximum absolute atomic E-state index is 12.9. The van der Waals surface area contributed by atoms with Crippen molar-refractivity contribution in [2.45, 2.75) is 59.3 Å². The minimum absolute atomic E-state index is 0.273. The molecule has 0 N–H and O–H groups in total. The number of hydrogen-bond acceptors (Lipinski definition) is 4. The van der Waals surface area contributed by atoms with Gasteiger partial charge < -0.3 is 24.1 Å². The Labute approximate surface area is 143 Å². The molecule has 0 aromatic carbocycles. The van der Waals surface area contributed by atoms with Gasteiger partial charge in [0.25, 0.3) is 0 Å². The van der Waals surface area contributed by atoms with Crippen LogP contribution in [0.2, 0.25) is 0 Å². The van der Waals surface area contributed by atoms with Gasteiger partial charge in [0.05, 0.1) is 19.8 Å². The topological polar surface area (TPSA) is 50.8 Å². The normalized spacial score (nSPS) is 12.0. The van der Waals surface area contributed by atoms with E-state index in [0.717, 1.165) is 58.3 Å². The van der Waals surface area contributed by atoms with Gasteiger partial charge in [0.2, 0.25) is 0 Å². The fourth-order valence-corrected chi connectivity index (χ4v) is 2.07. The van der Waals surface area contributed by atoms with Gasteiger partial charge in [0, 0.05) is 19.8 Å². The smallest absolute Gasteiger partial charge is 0.102 e. The largest absolute Gasteiger partial charge is 0.633 e. The highest BCUT2D eigenvalue weighted by Crippen LogP contribution is 2.06. The minimum atomic E-state index is -0.273. The van der Waals surface area contributed by atoms with Gasteiger partial charge in [-0.2, -0.15) is 0 Å². The van der Waals surface area contributed by atoms with E-state index in [2.05, 4.69) is 20.8 Å². The second-order valence-electron chi connectivity index (χ2n) is 6.13. The maximum Gasteiger partial charge on any atom is 0.102 e. The summed E-state index contributed by atoms with van der Waals surface area (Å²) in [7, 11) is 0. The molecule has 0 aromatic rings. The fraction of sp³-hybridized carbons (Fsp3) is 1.00. The SMILES string of the molecule is CCCCOCC[N+]([O-])(CCOCCCC)CCOCCCC. The second kappa shape index (κ2) is 16.7. The van der Waals surface area contributed by atoms with Gasteiger partial charge >= 0.3 is 0 Å². The van der Waals surface area contributed by atoms with Gasteiger partial charge in [-0.25, -0.2) is 0 Å². The highest BCUT2D eigenvalue weighted by Gasteiger charge is 2.16. The average molecular weight is 334 g/mol. The Hall–Kier alpha value is -0.200. The number of unbranched alkanes of at least 4 members (excludes halogenated alkanes) is 3. The first-order valence-corrected chi connectivity index (χ1v) is 9.48. The molecule has 0 amide bonds. The third-order valence-electron chi connectivity index (χ3n) is 3.86. The third-order valence-corrected chi connectivity index (χ3v) is 3.86. The van der Waals surface area contributed by atoms with Crippen LogP contribution in [0.4, 0.5) is 0 Å². The van der Waals surface area contributed by atoms with Gasteiger partial charge in [-0.1, -0.05) is 40.0 Å². The van der Waals surface area contributed by atoms with Crippen molar-refractivity contribution in [2.75, 3.05) is 59.3 Å². The summed E-state index contributed by atoms with van der Waals surface area (Å²) in [6.07, 6.45) is 6.52. The molecule has 0 unspecified atom stereocenters. The standard InChI is InChI=1S/C18H39NO4/c1-4-7-13-21-16-10-19(20,11-17-22-14-8-5-2)12-18-23-15-9-6-3/h4-18H2,1-3H3. The highest BCUT2D eigenvalue weighted by atomic mass is 16.6. The molecule has 0 aliphatic rings. The predicted octanol–water partition coefficient (Wildman–Crippen LogP) is 3.75. The van der Waals surface area contributed by atoms with Crippen molar-refractivity contribution in [3.05, 3.63) is 5.21 Å². The molecule has 5 heteroatoms. The predicted molar refractivity (Wildman–Crippen MR) is 95.4 cm³/mol. The Balaban J connectivity index is 4.00. The number of quaternary nitrogens is 1. The Bertz CT molecular complexity index is 203. The van der Waals surface area contributed by atoms with E-state index in [1.807, 2.05) is 0 Å². The highest BCUT2D eigenvalue weighted by molar-refractivity contribution is 4.47. The Kier molecular flexibility index (Phi) is 16.5. The van der Waals surface area contributed by atoms with Crippen molar-refractivity contribution >= 4 is 0 Å². The summed E-state index contributed by atoms with van der Waals surface area (Å²) in [5.41, 5.74) is 0. The lowest BCUT2D eigenvalue weighted by Crippen LogP contribution is -2.49. The van der Waals surface area contributed by atoms with Gasteiger partial charge in [0.1, 0.15) is 19.6 Å². The number of rotatable bonds is 18. The molecule has 0 aliphatic heterocycles. The molecule has 0 radical (unpaired) electrons. The van der Waals surface area contributed by atoms with Crippen molar-refractivity contribution in [3.8, 4) is 0 Å². The summed E-state index contributed by atoms with van der Waals surface area (Å²) < 4.78 is 16.4. The van der Waals surface area contributed by atoms with Crippen molar-refractivity contribution in [1.29, 1.82) is 0 Å². The molecule has 0 bridgehead atoms. The van der Waals surface area contributed by atoms with E-state index in [-0.39, 0.29) is 4.65 Å². The third kappa shape index (κ3) is 15.1. The van der Waals surface area contributed by atoms with Crippen LogP contribution in [-0.2, 0) is 14.2 Å². The van der Waals surface area contributed by atoms with E-state index < -0.39 is 0 Å². The molecule has 0 saturated carbocycles. The van der Waals surface area contributed by atoms with Gasteiger partial charge in [-0.3, -0.25) is 0 Å². The summed E-state index contributed by atoms with van der Waals surface area (Å²) in [5, 5.41) is 12.9. The molecule has 0 atom stereocenters. The second-order valence-corrected chi connectivity index (χ2v) is 6.13. The van der Waals surface area contributed by atoms with Gasteiger partial charge in [-0.15, -0.1) is 0 Å². The number of ether oxygens (including phenoxy) is 3. The molecular formula is C18H39NO4. The lowest BCUT2D eigenvalue weighted by atomic mass is 10.3. The van der Waals surface area contributed by atoms with Crippen LogP contribution in [0.1, 0.15) is 59.3 Å². The molecule has 0 aromatic heterocycles. The van der Waals surface area contributed by atoms with Gasteiger partial charge in [0.15, 0.2) is 0 Å². The summed E-state index contributed by atoms with van der Waals surface area (Å²) in [4.78, 5) is 0. The minimum Gasteiger partial charge on any atom is -0.633 e. The summed E-state index contributed by atoms with van der Waals surface area (Å²) in [6, 6.07) is 0. The van der Waals surface area contributed by atoms with Crippen molar-refractivity contribution < 1.29 is 18.9 Å². The molecule has 0 rings (SSSR count). The average Bonchev–Trinajstić information content (AvgIpc) is 2.54. The van der Waals surface area contributed by atoms with Crippen LogP contribution < -0.4 is 0 Å². The van der Waals surface area contributed by atoms with E-state index in [9.17, 15) is 5.21 Å². The van der Waals surface area contributed by atoms with E-state index in [4.69, 9.17) is 14.2 Å². The lowest BCUT2D eigenvalue weighted by molar-refractivity contribution is -0.882. The number of hydrogen-bond donors (Lipinski definition) is 0. The van der Waals surface area contributed by atoms with E-state index >= 15 is 0 Å². The fourth-order valence-electron chi connectivity index (χ4n) is 2.07. The number of nitrogens with zero attached hydrogens (tertiary/aromatic N) is 1. The van der Waals surface area contributed by atoms with Crippen LogP contribution >= 0.6 is 0 Å². The first-order chi connectivity index (χ1) is 11.2. The zero-order valence-corrected chi connectivity index (χ0v) is 15.7. The van der Waals surface area contributed by atoms with Crippen molar-refractivity contribution in [3.63, 3.8) is 0 Å². The first kappa shape index (κ1) is 22.8. The number of hydroxylamine groups is 3. The molecule has 0 aliphatic carbocycles. The Morgan fingerprint density at radius 2 is 0.870 bits per heavy atom. The summed E-state index contributed by atoms with van der Waals surface area (Å²) in [5.74, 6) is 0. The maximum atomic E-state index is 12.9. The summed E-state index contributed by atoms with van der Waals surface area (Å²) >= 11 is 0. The molecule has 0 heterocycles. The Morgan fingerprint density at radius 1 is 0.565 bits per heavy atom. The monoisotopic (exact) mass is 333 g/mol. The van der Waals surface area contributed by atoms with Crippen LogP contribution in [0, 0.1) is 5.21 Å². The van der Waals surface area contributed by atoms with Crippen LogP contribution in [0.25, 0.3) is 0 Å². The quantitative estimate of drug-likeness (QED) is 0.218. The molecule has 5 nitrogen and oxygen atoms in total. The van der Waals surface area contributed by atoms with Crippen molar-refractivity contribution in [1.82, 2.24) is 0 Å². The van der Waals surface area contributed by atoms with E-state index in [0.29, 0.717) is 39.5 Å².